The second-order valence-electron chi connectivity index (χ2n) is 9.56. The van der Waals surface area contributed by atoms with Crippen molar-refractivity contribution in [2.24, 2.45) is 17.6 Å². The Bertz CT molecular complexity index is 941. The lowest BCUT2D eigenvalue weighted by Gasteiger charge is -2.32. The first kappa shape index (κ1) is 24.6. The van der Waals surface area contributed by atoms with E-state index in [1.54, 1.807) is 24.4 Å². The van der Waals surface area contributed by atoms with E-state index in [2.05, 4.69) is 16.8 Å². The number of nitrogens with zero attached hydrogens (tertiary/aromatic N) is 2. The van der Waals surface area contributed by atoms with Crippen molar-refractivity contribution in [3.8, 4) is 17.0 Å². The Labute approximate surface area is 201 Å². The van der Waals surface area contributed by atoms with E-state index >= 15 is 0 Å². The fourth-order valence-corrected chi connectivity index (χ4v) is 5.32. The summed E-state index contributed by atoms with van der Waals surface area (Å²) < 4.78 is 25.9. The first-order valence-corrected chi connectivity index (χ1v) is 12.5. The minimum absolute atomic E-state index is 0.163. The van der Waals surface area contributed by atoms with Crippen LogP contribution < -0.4 is 10.5 Å². The summed E-state index contributed by atoms with van der Waals surface area (Å²) in [6.45, 7) is 6.69. The van der Waals surface area contributed by atoms with Crippen molar-refractivity contribution in [2.45, 2.75) is 44.9 Å². The molecule has 2 aliphatic rings. The van der Waals surface area contributed by atoms with Gasteiger partial charge in [-0.3, -0.25) is 14.7 Å². The fourth-order valence-electron chi connectivity index (χ4n) is 5.32. The molecular formula is C27H36FN3O3. The van der Waals surface area contributed by atoms with Gasteiger partial charge in [-0.2, -0.15) is 0 Å². The number of hydrogen-bond donors (Lipinski definition) is 1. The number of aromatic nitrogens is 1. The molecule has 2 fully saturated rings. The normalized spacial score (nSPS) is 19.5. The summed E-state index contributed by atoms with van der Waals surface area (Å²) in [5.41, 5.74) is 7.54. The van der Waals surface area contributed by atoms with Gasteiger partial charge in [0.15, 0.2) is 0 Å². The third-order valence-corrected chi connectivity index (χ3v) is 7.37. The first-order chi connectivity index (χ1) is 16.5. The van der Waals surface area contributed by atoms with Crippen LogP contribution >= 0.6 is 0 Å². The third-order valence-electron chi connectivity index (χ3n) is 7.37. The van der Waals surface area contributed by atoms with Gasteiger partial charge in [-0.25, -0.2) is 4.39 Å². The van der Waals surface area contributed by atoms with Crippen molar-refractivity contribution in [3.63, 3.8) is 0 Å². The van der Waals surface area contributed by atoms with Crippen LogP contribution in [0.3, 0.4) is 0 Å². The third kappa shape index (κ3) is 6.13. The number of pyridine rings is 1. The standard InChI is InChI=1S/C27H36FN3O3/c1-19(20-5-3-2-4-6-20)26(27(29)32)21-7-10-25(30-18-21)23-9-8-22(17-24(23)28)34-16-13-31-11-14-33-15-12-31/h7-10,17-20,26H,2-6,11-16H2,1H3,(H2,29,32)/t19-,26?/m1/s1. The molecule has 7 heteroatoms. The highest BCUT2D eigenvalue weighted by Gasteiger charge is 2.32. The number of amides is 1. The number of carbonyl (C=O) groups is 1. The van der Waals surface area contributed by atoms with Crippen molar-refractivity contribution in [1.82, 2.24) is 9.88 Å². The van der Waals surface area contributed by atoms with E-state index in [-0.39, 0.29) is 23.6 Å². The number of carbonyl (C=O) groups excluding carboxylic acids is 1. The largest absolute Gasteiger partial charge is 0.492 e. The molecule has 1 saturated heterocycles. The molecule has 1 aliphatic carbocycles. The van der Waals surface area contributed by atoms with Gasteiger partial charge < -0.3 is 15.2 Å². The highest BCUT2D eigenvalue weighted by molar-refractivity contribution is 5.82. The van der Waals surface area contributed by atoms with E-state index in [0.29, 0.717) is 29.5 Å². The zero-order valence-electron chi connectivity index (χ0n) is 20.0. The lowest BCUT2D eigenvalue weighted by molar-refractivity contribution is -0.121. The highest BCUT2D eigenvalue weighted by Crippen LogP contribution is 2.38. The average Bonchev–Trinajstić information content (AvgIpc) is 2.86. The van der Waals surface area contributed by atoms with Gasteiger partial charge in [0.1, 0.15) is 18.2 Å². The molecule has 0 radical (unpaired) electrons. The Morgan fingerprint density at radius 2 is 1.97 bits per heavy atom. The maximum absolute atomic E-state index is 14.9. The molecule has 1 aliphatic heterocycles. The van der Waals surface area contributed by atoms with E-state index in [9.17, 15) is 9.18 Å². The minimum Gasteiger partial charge on any atom is -0.492 e. The molecule has 0 spiro atoms. The van der Waals surface area contributed by atoms with Crippen LogP contribution in [0.1, 0.15) is 50.5 Å². The molecule has 2 N–H and O–H groups in total. The summed E-state index contributed by atoms with van der Waals surface area (Å²) in [5.74, 6) is 0.0803. The summed E-state index contributed by atoms with van der Waals surface area (Å²) >= 11 is 0. The first-order valence-electron chi connectivity index (χ1n) is 12.5. The van der Waals surface area contributed by atoms with Crippen LogP contribution in [0.4, 0.5) is 4.39 Å². The van der Waals surface area contributed by atoms with Gasteiger partial charge in [0.2, 0.25) is 5.91 Å². The van der Waals surface area contributed by atoms with Crippen LogP contribution in [-0.4, -0.2) is 55.2 Å². The molecule has 184 valence electrons. The monoisotopic (exact) mass is 469 g/mol. The highest BCUT2D eigenvalue weighted by atomic mass is 19.1. The van der Waals surface area contributed by atoms with Gasteiger partial charge in [0.25, 0.3) is 0 Å². The maximum atomic E-state index is 14.9. The van der Waals surface area contributed by atoms with Crippen molar-refractivity contribution in [1.29, 1.82) is 0 Å². The van der Waals surface area contributed by atoms with Crippen LogP contribution in [0.15, 0.2) is 36.5 Å². The predicted octanol–water partition coefficient (Wildman–Crippen LogP) is 4.38. The molecule has 1 unspecified atom stereocenters. The van der Waals surface area contributed by atoms with E-state index in [4.69, 9.17) is 15.2 Å². The van der Waals surface area contributed by atoms with Crippen molar-refractivity contribution >= 4 is 5.91 Å². The van der Waals surface area contributed by atoms with Crippen LogP contribution in [0.2, 0.25) is 0 Å². The molecule has 4 rings (SSSR count). The van der Waals surface area contributed by atoms with Crippen molar-refractivity contribution in [3.05, 3.63) is 47.9 Å². The molecule has 1 aromatic heterocycles. The Hall–Kier alpha value is -2.51. The summed E-state index contributed by atoms with van der Waals surface area (Å²) in [5, 5.41) is 0. The molecule has 2 heterocycles. The van der Waals surface area contributed by atoms with Crippen LogP contribution in [-0.2, 0) is 9.53 Å². The average molecular weight is 470 g/mol. The number of halogens is 1. The molecule has 6 nitrogen and oxygen atoms in total. The van der Waals surface area contributed by atoms with E-state index < -0.39 is 0 Å². The molecule has 2 aromatic rings. The molecule has 34 heavy (non-hydrogen) atoms. The molecule has 0 bridgehead atoms. The number of benzene rings is 1. The number of nitrogens with two attached hydrogens (primary N) is 1. The van der Waals surface area contributed by atoms with Gasteiger partial charge in [0, 0.05) is 37.5 Å². The number of ether oxygens (including phenoxy) is 2. The van der Waals surface area contributed by atoms with Gasteiger partial charge >= 0.3 is 0 Å². The van der Waals surface area contributed by atoms with Crippen LogP contribution in [0.25, 0.3) is 11.3 Å². The Morgan fingerprint density at radius 1 is 1.21 bits per heavy atom. The molecule has 1 aromatic carbocycles. The lowest BCUT2D eigenvalue weighted by atomic mass is 9.73. The minimum atomic E-state index is -0.383. The zero-order chi connectivity index (χ0) is 23.9. The van der Waals surface area contributed by atoms with Gasteiger partial charge in [-0.1, -0.05) is 45.1 Å². The van der Waals surface area contributed by atoms with Crippen LogP contribution in [0.5, 0.6) is 5.75 Å². The van der Waals surface area contributed by atoms with Gasteiger partial charge in [-0.15, -0.1) is 0 Å². The van der Waals surface area contributed by atoms with Gasteiger partial charge in [0.05, 0.1) is 24.8 Å². The summed E-state index contributed by atoms with van der Waals surface area (Å²) in [6.07, 6.45) is 7.65. The smallest absolute Gasteiger partial charge is 0.225 e. The second kappa shape index (κ2) is 11.8. The van der Waals surface area contributed by atoms with E-state index in [0.717, 1.165) is 51.3 Å². The topological polar surface area (TPSA) is 77.7 Å². The molecule has 2 atom stereocenters. The number of primary amides is 1. The van der Waals surface area contributed by atoms with Crippen molar-refractivity contribution < 1.29 is 18.7 Å². The Kier molecular flexibility index (Phi) is 8.51. The van der Waals surface area contributed by atoms with Crippen LogP contribution in [0, 0.1) is 17.7 Å². The lowest BCUT2D eigenvalue weighted by Crippen LogP contribution is -2.38. The van der Waals surface area contributed by atoms with Crippen molar-refractivity contribution in [2.75, 3.05) is 39.5 Å². The van der Waals surface area contributed by atoms with E-state index in [1.165, 1.54) is 25.3 Å². The summed E-state index contributed by atoms with van der Waals surface area (Å²) in [6, 6.07) is 8.50. The molecular weight excluding hydrogens is 433 g/mol. The Morgan fingerprint density at radius 3 is 2.62 bits per heavy atom. The maximum Gasteiger partial charge on any atom is 0.225 e. The quantitative estimate of drug-likeness (QED) is 0.590. The molecule has 1 saturated carbocycles. The number of hydrogen-bond acceptors (Lipinski definition) is 5. The summed E-state index contributed by atoms with van der Waals surface area (Å²) in [4.78, 5) is 19.1. The van der Waals surface area contributed by atoms with E-state index in [1.807, 2.05) is 6.07 Å². The number of morpholine rings is 1. The van der Waals surface area contributed by atoms with Gasteiger partial charge in [-0.05, 0) is 35.6 Å². The Balaban J connectivity index is 1.40. The SMILES string of the molecule is C[C@H](C1CCCCC1)C(C(N)=O)c1ccc(-c2ccc(OCCN3CCOCC3)cc2F)nc1. The predicted molar refractivity (Wildman–Crippen MR) is 130 cm³/mol. The fraction of sp³-hybridized carbons (Fsp3) is 0.556. The number of rotatable bonds is 9. The second-order valence-corrected chi connectivity index (χ2v) is 9.56. The summed E-state index contributed by atoms with van der Waals surface area (Å²) in [7, 11) is 0. The zero-order valence-corrected chi connectivity index (χ0v) is 20.0. The molecule has 1 amide bonds.